The number of carbonyl (C=O) groups excluding carboxylic acids is 2. The van der Waals surface area contributed by atoms with Crippen molar-refractivity contribution in [3.8, 4) is 28.5 Å². The van der Waals surface area contributed by atoms with Gasteiger partial charge in [-0.2, -0.15) is 0 Å². The smallest absolute Gasteiger partial charge is 0.249 e. The molecule has 0 saturated heterocycles. The van der Waals surface area contributed by atoms with Crippen molar-refractivity contribution in [3.05, 3.63) is 112 Å². The number of nitrogens with one attached hydrogen (secondary N) is 2. The van der Waals surface area contributed by atoms with Crippen molar-refractivity contribution in [1.82, 2.24) is 15.3 Å². The number of aromatic nitrogens is 2. The van der Waals surface area contributed by atoms with Crippen LogP contribution >= 0.6 is 0 Å². The number of Topliss-reactive ketones (excluding diaryl/α,β-unsaturated/α-hetero) is 1. The van der Waals surface area contributed by atoms with Crippen molar-refractivity contribution in [3.63, 3.8) is 0 Å². The van der Waals surface area contributed by atoms with Crippen LogP contribution in [0.3, 0.4) is 0 Å². The number of rotatable bonds is 5. The number of ether oxygens (including phenoxy) is 1. The Morgan fingerprint density at radius 1 is 1.02 bits per heavy atom. The Labute approximate surface area is 300 Å². The third kappa shape index (κ3) is 4.21. The van der Waals surface area contributed by atoms with Crippen LogP contribution in [-0.4, -0.2) is 39.1 Å². The van der Waals surface area contributed by atoms with Gasteiger partial charge in [-0.1, -0.05) is 82.3 Å². The lowest BCUT2D eigenvalue weighted by Gasteiger charge is -2.28. The molecule has 10 nitrogen and oxygen atoms in total. The second kappa shape index (κ2) is 11.0. The Morgan fingerprint density at radius 2 is 1.85 bits per heavy atom. The first-order valence-corrected chi connectivity index (χ1v) is 18.1. The number of allylic oxidation sites excluding steroid dienone is 1. The first-order chi connectivity index (χ1) is 25.1. The maximum Gasteiger partial charge on any atom is 0.249 e. The maximum absolute atomic E-state index is 14.2. The third-order valence-corrected chi connectivity index (χ3v) is 11.6. The Hall–Kier alpha value is -5.48. The highest BCUT2D eigenvalue weighted by Crippen LogP contribution is 2.61. The van der Waals surface area contributed by atoms with E-state index in [2.05, 4.69) is 59.2 Å². The SMILES string of the molecule is CC(C)C(O)C(=O)CC1Cc2ccc3c(c2)C24c5cccc(c5NC2O3)-c2cccc3c2C(=CC3)c2cnc(o2)-c2nc(oc24)C(C(C)C)NC1=O. The molecule has 1 amide bonds. The van der Waals surface area contributed by atoms with Gasteiger partial charge in [-0.15, -0.1) is 0 Å². The number of hydrogen-bond donors (Lipinski definition) is 3. The van der Waals surface area contributed by atoms with Crippen LogP contribution in [0.4, 0.5) is 5.69 Å². The Morgan fingerprint density at radius 3 is 2.67 bits per heavy atom. The van der Waals surface area contributed by atoms with Gasteiger partial charge in [0.1, 0.15) is 23.3 Å². The lowest BCUT2D eigenvalue weighted by atomic mass is 9.71. The molecule has 6 heterocycles. The van der Waals surface area contributed by atoms with Gasteiger partial charge >= 0.3 is 0 Å². The minimum Gasteiger partial charge on any atom is -0.469 e. The van der Waals surface area contributed by atoms with Crippen LogP contribution in [0, 0.1) is 17.8 Å². The summed E-state index contributed by atoms with van der Waals surface area (Å²) in [6, 6.07) is 18.1. The number of nitrogens with zero attached hydrogens (tertiary/aromatic N) is 2. The minimum absolute atomic E-state index is 0.108. The standard InChI is InChI=1S/C42H38N4O6/c1-19(2)33-40-45-35-37(52-40)42-27-10-6-9-25(24-8-5-7-22-12-13-26(32(22)24)31-18-43-39(35)50-31)34(27)46-41(42)51-30-14-11-21(16-28(30)42)15-23(38(49)44-33)17-29(47)36(48)20(3)4/h5-11,13-14,16,18-20,23,33,36,41,46,48H,12,15,17H2,1-4H3,(H,44,49). The fraction of sp³-hybridized carbons (Fsp3) is 0.333. The first-order valence-electron chi connectivity index (χ1n) is 18.1. The van der Waals surface area contributed by atoms with E-state index in [1.165, 1.54) is 5.56 Å². The molecule has 10 rings (SSSR count). The van der Waals surface area contributed by atoms with E-state index in [0.29, 0.717) is 34.7 Å². The summed E-state index contributed by atoms with van der Waals surface area (Å²) in [7, 11) is 0. The van der Waals surface area contributed by atoms with Crippen molar-refractivity contribution in [2.24, 2.45) is 17.8 Å². The van der Waals surface area contributed by atoms with E-state index in [9.17, 15) is 14.7 Å². The van der Waals surface area contributed by atoms with Crippen LogP contribution < -0.4 is 15.4 Å². The van der Waals surface area contributed by atoms with Crippen LogP contribution in [0.5, 0.6) is 5.75 Å². The summed E-state index contributed by atoms with van der Waals surface area (Å²) in [5.74, 6) is 0.639. The molecule has 0 fully saturated rings. The van der Waals surface area contributed by atoms with Gasteiger partial charge in [0.25, 0.3) is 0 Å². The topological polar surface area (TPSA) is 140 Å². The molecule has 5 atom stereocenters. The van der Waals surface area contributed by atoms with Gasteiger partial charge in [-0.25, -0.2) is 9.97 Å². The molecule has 5 aromatic rings. The first kappa shape index (κ1) is 31.3. The van der Waals surface area contributed by atoms with Gasteiger partial charge in [-0.05, 0) is 53.0 Å². The highest BCUT2D eigenvalue weighted by atomic mass is 16.5. The lowest BCUT2D eigenvalue weighted by molar-refractivity contribution is -0.135. The minimum atomic E-state index is -1.16. The fourth-order valence-electron chi connectivity index (χ4n) is 8.95. The number of fused-ring (bicyclic) bond motifs is 7. The second-order valence-electron chi connectivity index (χ2n) is 15.4. The van der Waals surface area contributed by atoms with E-state index in [0.717, 1.165) is 51.1 Å². The average Bonchev–Trinajstić information content (AvgIpc) is 3.95. The predicted molar refractivity (Wildman–Crippen MR) is 192 cm³/mol. The van der Waals surface area contributed by atoms with Gasteiger partial charge in [-0.3, -0.25) is 9.59 Å². The van der Waals surface area contributed by atoms with Crippen molar-refractivity contribution < 1.29 is 28.3 Å². The molecular weight excluding hydrogens is 656 g/mol. The summed E-state index contributed by atoms with van der Waals surface area (Å²) >= 11 is 0. The molecule has 10 bridgehead atoms. The molecule has 3 aromatic carbocycles. The largest absolute Gasteiger partial charge is 0.469 e. The summed E-state index contributed by atoms with van der Waals surface area (Å²) < 4.78 is 20.5. The van der Waals surface area contributed by atoms with Crippen LogP contribution in [0.1, 0.15) is 85.4 Å². The number of anilines is 1. The fourth-order valence-corrected chi connectivity index (χ4v) is 8.95. The Kier molecular flexibility index (Phi) is 6.62. The van der Waals surface area contributed by atoms with E-state index < -0.39 is 29.7 Å². The summed E-state index contributed by atoms with van der Waals surface area (Å²) in [5, 5.41) is 17.7. The van der Waals surface area contributed by atoms with Crippen LogP contribution in [0.15, 0.2) is 75.7 Å². The lowest BCUT2D eigenvalue weighted by Crippen LogP contribution is -2.41. The van der Waals surface area contributed by atoms with Crippen molar-refractivity contribution in [2.45, 2.75) is 70.7 Å². The van der Waals surface area contributed by atoms with Crippen molar-refractivity contribution >= 4 is 23.0 Å². The molecule has 0 saturated carbocycles. The summed E-state index contributed by atoms with van der Waals surface area (Å²) in [6.07, 6.45) is 3.14. The molecule has 262 valence electrons. The third-order valence-electron chi connectivity index (χ3n) is 11.6. The molecule has 52 heavy (non-hydrogen) atoms. The molecule has 1 aliphatic carbocycles. The zero-order valence-corrected chi connectivity index (χ0v) is 29.3. The Bertz CT molecular complexity index is 2380. The number of aliphatic hydroxyl groups is 1. The molecule has 5 unspecified atom stereocenters. The number of ketones is 1. The number of oxazole rings is 2. The predicted octanol–water partition coefficient (Wildman–Crippen LogP) is 6.74. The van der Waals surface area contributed by atoms with Gasteiger partial charge in [0.2, 0.25) is 17.7 Å². The number of amides is 1. The monoisotopic (exact) mass is 694 g/mol. The molecular formula is C42H38N4O6. The van der Waals surface area contributed by atoms with E-state index >= 15 is 0 Å². The molecule has 4 aliphatic heterocycles. The Balaban J connectivity index is 1.27. The van der Waals surface area contributed by atoms with Gasteiger partial charge in [0.15, 0.2) is 29.2 Å². The molecule has 0 radical (unpaired) electrons. The molecule has 1 spiro atoms. The summed E-state index contributed by atoms with van der Waals surface area (Å²) in [5.41, 5.74) is 8.48. The van der Waals surface area contributed by atoms with E-state index in [-0.39, 0.29) is 36.4 Å². The van der Waals surface area contributed by atoms with Crippen LogP contribution in [-0.2, 0) is 27.8 Å². The number of aliphatic hydroxyl groups excluding tert-OH is 1. The highest BCUT2D eigenvalue weighted by Gasteiger charge is 2.61. The zero-order chi connectivity index (χ0) is 35.6. The maximum atomic E-state index is 14.2. The van der Waals surface area contributed by atoms with Crippen molar-refractivity contribution in [1.29, 1.82) is 0 Å². The van der Waals surface area contributed by atoms with Crippen LogP contribution in [0.25, 0.3) is 28.3 Å². The summed E-state index contributed by atoms with van der Waals surface area (Å²) in [4.78, 5) is 37.5. The van der Waals surface area contributed by atoms with Crippen molar-refractivity contribution in [2.75, 3.05) is 5.32 Å². The number of para-hydroxylation sites is 1. The number of hydrogen-bond acceptors (Lipinski definition) is 9. The van der Waals surface area contributed by atoms with Crippen LogP contribution in [0.2, 0.25) is 0 Å². The normalized spacial score (nSPS) is 23.5. The second-order valence-corrected chi connectivity index (χ2v) is 15.4. The average molecular weight is 695 g/mol. The van der Waals surface area contributed by atoms with Gasteiger partial charge < -0.3 is 29.3 Å². The van der Waals surface area contributed by atoms with Gasteiger partial charge in [0, 0.05) is 40.3 Å². The quantitative estimate of drug-likeness (QED) is 0.183. The summed E-state index contributed by atoms with van der Waals surface area (Å²) in [6.45, 7) is 7.58. The molecule has 3 N–H and O–H groups in total. The van der Waals surface area contributed by atoms with E-state index in [4.69, 9.17) is 23.5 Å². The van der Waals surface area contributed by atoms with Gasteiger partial charge in [0.05, 0.1) is 6.20 Å². The zero-order valence-electron chi connectivity index (χ0n) is 29.3. The number of benzene rings is 3. The van der Waals surface area contributed by atoms with E-state index in [1.54, 1.807) is 20.0 Å². The highest BCUT2D eigenvalue weighted by molar-refractivity contribution is 5.97. The molecule has 2 aromatic heterocycles. The van der Waals surface area contributed by atoms with E-state index in [1.807, 2.05) is 26.0 Å². The molecule has 10 heteroatoms. The molecule has 5 aliphatic rings. The number of carbonyl (C=O) groups is 2.